The minimum Gasteiger partial charge on any atom is -0.396 e. The van der Waals surface area contributed by atoms with Gasteiger partial charge in [-0.25, -0.2) is 8.42 Å². The molecule has 0 unspecified atom stereocenters. The van der Waals surface area contributed by atoms with E-state index in [1.807, 2.05) is 0 Å². The number of hydrogen-bond donors (Lipinski definition) is 1. The van der Waals surface area contributed by atoms with E-state index < -0.39 is 10.0 Å². The van der Waals surface area contributed by atoms with Crippen molar-refractivity contribution in [1.29, 1.82) is 0 Å². The fraction of sp³-hybridized carbons (Fsp3) is 0.714. The Morgan fingerprint density at radius 3 is 2.75 bits per heavy atom. The lowest BCUT2D eigenvalue weighted by molar-refractivity contribution is 0.300. The van der Waals surface area contributed by atoms with Crippen LogP contribution in [0.4, 0.5) is 0 Å². The highest BCUT2D eigenvalue weighted by Crippen LogP contribution is 2.33. The molecule has 1 aromatic heterocycles. The van der Waals surface area contributed by atoms with Crippen molar-refractivity contribution in [3.8, 4) is 0 Å². The third-order valence-electron chi connectivity index (χ3n) is 3.89. The van der Waals surface area contributed by atoms with Crippen molar-refractivity contribution < 1.29 is 13.5 Å². The van der Waals surface area contributed by atoms with Crippen LogP contribution < -0.4 is 0 Å². The van der Waals surface area contributed by atoms with Crippen LogP contribution in [0, 0.1) is 5.41 Å². The fourth-order valence-corrected chi connectivity index (χ4v) is 5.49. The van der Waals surface area contributed by atoms with E-state index in [0.29, 0.717) is 23.7 Å². The highest BCUT2D eigenvalue weighted by Gasteiger charge is 2.31. The summed E-state index contributed by atoms with van der Waals surface area (Å²) in [4.78, 5) is 0.918. The summed E-state index contributed by atoms with van der Waals surface area (Å²) in [7, 11) is -3.36. The third-order valence-corrected chi connectivity index (χ3v) is 7.40. The summed E-state index contributed by atoms with van der Waals surface area (Å²) in [5.41, 5.74) is 0.224. The molecule has 1 aromatic rings. The fourth-order valence-electron chi connectivity index (χ4n) is 2.51. The van der Waals surface area contributed by atoms with Crippen LogP contribution in [0.5, 0.6) is 0 Å². The van der Waals surface area contributed by atoms with Gasteiger partial charge in [-0.2, -0.15) is 4.31 Å². The number of rotatable bonds is 4. The Balaban J connectivity index is 2.16. The molecule has 0 saturated carbocycles. The predicted molar refractivity (Wildman–Crippen MR) is 81.5 cm³/mol. The van der Waals surface area contributed by atoms with Gasteiger partial charge < -0.3 is 5.11 Å². The van der Waals surface area contributed by atoms with Gasteiger partial charge >= 0.3 is 0 Å². The molecule has 0 amide bonds. The van der Waals surface area contributed by atoms with Crippen LogP contribution in [0.1, 0.15) is 38.0 Å². The summed E-state index contributed by atoms with van der Waals surface area (Å²) in [6, 6.07) is 3.47. The number of nitrogens with zero attached hydrogens (tertiary/aromatic N) is 1. The maximum absolute atomic E-state index is 12.6. The lowest BCUT2D eigenvalue weighted by Crippen LogP contribution is -2.32. The van der Waals surface area contributed by atoms with Gasteiger partial charge in [0.15, 0.2) is 0 Å². The molecule has 20 heavy (non-hydrogen) atoms. The molecule has 4 nitrogen and oxygen atoms in total. The van der Waals surface area contributed by atoms with Crippen molar-refractivity contribution in [2.24, 2.45) is 5.41 Å². The molecule has 0 radical (unpaired) electrons. The summed E-state index contributed by atoms with van der Waals surface area (Å²) >= 11 is 1.28. The van der Waals surface area contributed by atoms with Gasteiger partial charge in [-0.15, -0.1) is 11.3 Å². The maximum Gasteiger partial charge on any atom is 0.252 e. The molecule has 2 heterocycles. The second-order valence-corrected chi connectivity index (χ2v) is 9.45. The average Bonchev–Trinajstić information content (AvgIpc) is 2.75. The first-order chi connectivity index (χ1) is 9.35. The van der Waals surface area contributed by atoms with Gasteiger partial charge in [0.2, 0.25) is 0 Å². The quantitative estimate of drug-likeness (QED) is 0.928. The van der Waals surface area contributed by atoms with E-state index in [1.165, 1.54) is 11.3 Å². The van der Waals surface area contributed by atoms with E-state index in [-0.39, 0.29) is 12.0 Å². The molecule has 2 rings (SSSR count). The normalized spacial score (nSPS) is 20.8. The standard InChI is InChI=1S/C14H23NO3S2/c1-14(2)7-3-9-15(10-8-14)20(17,18)13-5-4-12(19-13)6-11-16/h4-5,16H,3,6-11H2,1-2H3. The Labute approximate surface area is 125 Å². The van der Waals surface area contributed by atoms with E-state index in [0.717, 1.165) is 24.1 Å². The van der Waals surface area contributed by atoms with Gasteiger partial charge in [0.1, 0.15) is 4.21 Å². The summed E-state index contributed by atoms with van der Waals surface area (Å²) in [6.07, 6.45) is 3.41. The Morgan fingerprint density at radius 1 is 1.30 bits per heavy atom. The molecule has 1 aliphatic rings. The number of hydrogen-bond acceptors (Lipinski definition) is 4. The Bertz CT molecular complexity index is 549. The lowest BCUT2D eigenvalue weighted by atomic mass is 9.85. The molecular weight excluding hydrogens is 294 g/mol. The minimum atomic E-state index is -3.36. The van der Waals surface area contributed by atoms with Crippen molar-refractivity contribution >= 4 is 21.4 Å². The van der Waals surface area contributed by atoms with Crippen LogP contribution >= 0.6 is 11.3 Å². The van der Waals surface area contributed by atoms with Crippen LogP contribution in [0.2, 0.25) is 0 Å². The van der Waals surface area contributed by atoms with Crippen LogP contribution in [-0.2, 0) is 16.4 Å². The van der Waals surface area contributed by atoms with Gasteiger partial charge in [-0.3, -0.25) is 0 Å². The predicted octanol–water partition coefficient (Wildman–Crippen LogP) is 2.48. The number of aliphatic hydroxyl groups is 1. The lowest BCUT2D eigenvalue weighted by Gasteiger charge is -2.22. The van der Waals surface area contributed by atoms with E-state index in [4.69, 9.17) is 5.11 Å². The SMILES string of the molecule is CC1(C)CCCN(S(=O)(=O)c2ccc(CCO)s2)CC1. The molecule has 0 atom stereocenters. The van der Waals surface area contributed by atoms with Crippen molar-refractivity contribution in [2.45, 2.75) is 43.7 Å². The molecule has 1 aliphatic heterocycles. The Kier molecular flexibility index (Phi) is 4.89. The van der Waals surface area contributed by atoms with Crippen LogP contribution in [0.3, 0.4) is 0 Å². The number of sulfonamides is 1. The van der Waals surface area contributed by atoms with Gasteiger partial charge in [0, 0.05) is 31.0 Å². The van der Waals surface area contributed by atoms with E-state index in [9.17, 15) is 8.42 Å². The molecular formula is C14H23NO3S2. The summed E-state index contributed by atoms with van der Waals surface area (Å²) in [5, 5.41) is 8.92. The van der Waals surface area contributed by atoms with Crippen LogP contribution in [0.15, 0.2) is 16.3 Å². The van der Waals surface area contributed by atoms with Gasteiger partial charge in [0.25, 0.3) is 10.0 Å². The Hall–Kier alpha value is -0.430. The smallest absolute Gasteiger partial charge is 0.252 e. The zero-order chi connectivity index (χ0) is 14.8. The second-order valence-electron chi connectivity index (χ2n) is 6.12. The maximum atomic E-state index is 12.6. The summed E-state index contributed by atoms with van der Waals surface area (Å²) in [5.74, 6) is 0. The second kappa shape index (κ2) is 6.13. The minimum absolute atomic E-state index is 0.0535. The molecule has 114 valence electrons. The summed E-state index contributed by atoms with van der Waals surface area (Å²) < 4.78 is 27.3. The third kappa shape index (κ3) is 3.61. The monoisotopic (exact) mass is 317 g/mol. The highest BCUT2D eigenvalue weighted by molar-refractivity contribution is 7.91. The number of aliphatic hydroxyl groups excluding tert-OH is 1. The van der Waals surface area contributed by atoms with Gasteiger partial charge in [-0.05, 0) is 36.8 Å². The van der Waals surface area contributed by atoms with E-state index in [1.54, 1.807) is 16.4 Å². The van der Waals surface area contributed by atoms with Crippen molar-refractivity contribution in [3.05, 3.63) is 17.0 Å². The largest absolute Gasteiger partial charge is 0.396 e. The van der Waals surface area contributed by atoms with Crippen molar-refractivity contribution in [3.63, 3.8) is 0 Å². The van der Waals surface area contributed by atoms with Crippen LogP contribution in [0.25, 0.3) is 0 Å². The molecule has 1 N–H and O–H groups in total. The van der Waals surface area contributed by atoms with E-state index >= 15 is 0 Å². The Morgan fingerprint density at radius 2 is 2.05 bits per heavy atom. The van der Waals surface area contributed by atoms with Gasteiger partial charge in [-0.1, -0.05) is 13.8 Å². The molecule has 1 fully saturated rings. The molecule has 0 aromatic carbocycles. The van der Waals surface area contributed by atoms with Gasteiger partial charge in [0.05, 0.1) is 0 Å². The van der Waals surface area contributed by atoms with Crippen LogP contribution in [-0.4, -0.2) is 37.5 Å². The first-order valence-corrected chi connectivity index (χ1v) is 9.30. The topological polar surface area (TPSA) is 57.6 Å². The molecule has 0 aliphatic carbocycles. The zero-order valence-electron chi connectivity index (χ0n) is 12.1. The zero-order valence-corrected chi connectivity index (χ0v) is 13.8. The molecule has 0 bridgehead atoms. The molecule has 0 spiro atoms. The molecule has 6 heteroatoms. The average molecular weight is 317 g/mol. The summed E-state index contributed by atoms with van der Waals surface area (Å²) in [6.45, 7) is 5.67. The highest BCUT2D eigenvalue weighted by atomic mass is 32.2. The van der Waals surface area contributed by atoms with Crippen molar-refractivity contribution in [2.75, 3.05) is 19.7 Å². The van der Waals surface area contributed by atoms with Crippen molar-refractivity contribution in [1.82, 2.24) is 4.31 Å². The first kappa shape index (κ1) is 15.9. The number of thiophene rings is 1. The first-order valence-electron chi connectivity index (χ1n) is 7.05. The van der Waals surface area contributed by atoms with E-state index in [2.05, 4.69) is 13.8 Å². The molecule has 1 saturated heterocycles.